The molecule has 0 spiro atoms. The van der Waals surface area contributed by atoms with Gasteiger partial charge in [-0.2, -0.15) is 0 Å². The van der Waals surface area contributed by atoms with Crippen LogP contribution < -0.4 is 0 Å². The highest BCUT2D eigenvalue weighted by molar-refractivity contribution is 5.93. The van der Waals surface area contributed by atoms with Gasteiger partial charge in [0.15, 0.2) is 0 Å². The van der Waals surface area contributed by atoms with Gasteiger partial charge in [-0.3, -0.25) is 9.59 Å². The van der Waals surface area contributed by atoms with Crippen molar-refractivity contribution >= 4 is 11.9 Å². The highest BCUT2D eigenvalue weighted by Gasteiger charge is 2.37. The van der Waals surface area contributed by atoms with Crippen molar-refractivity contribution in [2.45, 2.75) is 20.4 Å². The maximum absolute atomic E-state index is 12.2. The Labute approximate surface area is 106 Å². The summed E-state index contributed by atoms with van der Waals surface area (Å²) in [5, 5.41) is 8.90. The van der Waals surface area contributed by atoms with E-state index in [4.69, 9.17) is 5.11 Å². The summed E-state index contributed by atoms with van der Waals surface area (Å²) in [4.78, 5) is 24.7. The lowest BCUT2D eigenvalue weighted by atomic mass is 9.87. The Morgan fingerprint density at radius 2 is 2.17 bits per heavy atom. The molecule has 1 aliphatic rings. The summed E-state index contributed by atoms with van der Waals surface area (Å²) in [5.41, 5.74) is 0.680. The number of nitrogens with zero attached hydrogens (tertiary/aromatic N) is 2. The second-order valence-electron chi connectivity index (χ2n) is 4.78. The molecule has 0 aliphatic carbocycles. The number of likely N-dealkylation sites (tertiary alicyclic amines) is 1. The monoisotopic (exact) mass is 250 g/mol. The minimum Gasteiger partial charge on any atom is -0.481 e. The molecule has 18 heavy (non-hydrogen) atoms. The standard InChI is InChI=1S/C13H18N2O3/c1-3-14-6-4-5-11(14)12(16)15-7-10(8-15)9(2)13(17)18/h4-6,9-10H,3,7-8H2,1-2H3,(H,17,18). The van der Waals surface area contributed by atoms with Crippen molar-refractivity contribution in [3.8, 4) is 0 Å². The van der Waals surface area contributed by atoms with E-state index in [1.807, 2.05) is 23.8 Å². The molecule has 5 heteroatoms. The summed E-state index contributed by atoms with van der Waals surface area (Å²) in [6, 6.07) is 3.66. The first kappa shape index (κ1) is 12.7. The Morgan fingerprint density at radius 1 is 1.50 bits per heavy atom. The third-order valence-electron chi connectivity index (χ3n) is 3.68. The topological polar surface area (TPSA) is 62.5 Å². The number of hydrogen-bond acceptors (Lipinski definition) is 2. The first-order valence-electron chi connectivity index (χ1n) is 6.21. The van der Waals surface area contributed by atoms with Gasteiger partial charge in [0.25, 0.3) is 5.91 Å². The maximum Gasteiger partial charge on any atom is 0.306 e. The first-order valence-corrected chi connectivity index (χ1v) is 6.21. The number of carbonyl (C=O) groups excluding carboxylic acids is 1. The summed E-state index contributed by atoms with van der Waals surface area (Å²) >= 11 is 0. The van der Waals surface area contributed by atoms with Crippen LogP contribution >= 0.6 is 0 Å². The molecule has 0 radical (unpaired) electrons. The molecular formula is C13H18N2O3. The molecule has 1 amide bonds. The van der Waals surface area contributed by atoms with E-state index < -0.39 is 5.97 Å². The molecule has 98 valence electrons. The van der Waals surface area contributed by atoms with Crippen molar-refractivity contribution in [1.29, 1.82) is 0 Å². The minimum absolute atomic E-state index is 0.00399. The van der Waals surface area contributed by atoms with Gasteiger partial charge >= 0.3 is 5.97 Å². The van der Waals surface area contributed by atoms with Crippen molar-refractivity contribution < 1.29 is 14.7 Å². The average Bonchev–Trinajstić information content (AvgIpc) is 2.74. The molecule has 1 atom stereocenters. The van der Waals surface area contributed by atoms with Crippen LogP contribution in [0, 0.1) is 11.8 Å². The van der Waals surface area contributed by atoms with Crippen LogP contribution in [0.4, 0.5) is 0 Å². The van der Waals surface area contributed by atoms with Gasteiger partial charge in [-0.1, -0.05) is 6.92 Å². The summed E-state index contributed by atoms with van der Waals surface area (Å²) in [7, 11) is 0. The lowest BCUT2D eigenvalue weighted by Gasteiger charge is -2.41. The Kier molecular flexibility index (Phi) is 3.41. The highest BCUT2D eigenvalue weighted by Crippen LogP contribution is 2.25. The fourth-order valence-electron chi connectivity index (χ4n) is 2.24. The number of carboxylic acids is 1. The molecule has 1 aromatic rings. The van der Waals surface area contributed by atoms with Crippen LogP contribution in [0.25, 0.3) is 0 Å². The Morgan fingerprint density at radius 3 is 2.72 bits per heavy atom. The summed E-state index contributed by atoms with van der Waals surface area (Å²) in [5.74, 6) is -1.09. The molecule has 5 nitrogen and oxygen atoms in total. The predicted molar refractivity (Wildman–Crippen MR) is 66.3 cm³/mol. The van der Waals surface area contributed by atoms with Gasteiger partial charge in [-0.05, 0) is 19.1 Å². The fraction of sp³-hybridized carbons (Fsp3) is 0.538. The number of aliphatic carboxylic acids is 1. The van der Waals surface area contributed by atoms with Crippen molar-refractivity contribution in [3.63, 3.8) is 0 Å². The summed E-state index contributed by atoms with van der Waals surface area (Å²) in [6.07, 6.45) is 1.88. The average molecular weight is 250 g/mol. The fourth-order valence-corrected chi connectivity index (χ4v) is 2.24. The summed E-state index contributed by atoms with van der Waals surface area (Å²) in [6.45, 7) is 5.53. The summed E-state index contributed by atoms with van der Waals surface area (Å²) < 4.78 is 1.90. The lowest BCUT2D eigenvalue weighted by Crippen LogP contribution is -2.53. The van der Waals surface area contributed by atoms with Gasteiger partial charge in [0.2, 0.25) is 0 Å². The van der Waals surface area contributed by atoms with E-state index in [1.165, 1.54) is 0 Å². The van der Waals surface area contributed by atoms with E-state index in [0.717, 1.165) is 6.54 Å². The van der Waals surface area contributed by atoms with Crippen LogP contribution in [0.15, 0.2) is 18.3 Å². The molecular weight excluding hydrogens is 232 g/mol. The zero-order valence-electron chi connectivity index (χ0n) is 10.7. The van der Waals surface area contributed by atoms with Crippen molar-refractivity contribution in [1.82, 2.24) is 9.47 Å². The van der Waals surface area contributed by atoms with Gasteiger partial charge in [-0.25, -0.2) is 0 Å². The van der Waals surface area contributed by atoms with Crippen LogP contribution in [-0.4, -0.2) is 39.5 Å². The maximum atomic E-state index is 12.2. The molecule has 0 bridgehead atoms. The number of aryl methyl sites for hydroxylation is 1. The van der Waals surface area contributed by atoms with E-state index in [-0.39, 0.29) is 17.7 Å². The number of rotatable bonds is 4. The normalized spacial score (nSPS) is 17.3. The Bertz CT molecular complexity index is 461. The van der Waals surface area contributed by atoms with Crippen LogP contribution in [0.2, 0.25) is 0 Å². The van der Waals surface area contributed by atoms with Crippen LogP contribution in [0.1, 0.15) is 24.3 Å². The van der Waals surface area contributed by atoms with Gasteiger partial charge < -0.3 is 14.6 Å². The molecule has 1 aromatic heterocycles. The molecule has 0 saturated carbocycles. The lowest BCUT2D eigenvalue weighted by molar-refractivity contribution is -0.144. The third kappa shape index (κ3) is 2.12. The molecule has 1 N–H and O–H groups in total. The zero-order valence-corrected chi connectivity index (χ0v) is 10.7. The second-order valence-corrected chi connectivity index (χ2v) is 4.78. The van der Waals surface area contributed by atoms with E-state index in [2.05, 4.69) is 0 Å². The molecule has 1 fully saturated rings. The minimum atomic E-state index is -0.788. The van der Waals surface area contributed by atoms with Crippen molar-refractivity contribution in [2.24, 2.45) is 11.8 Å². The van der Waals surface area contributed by atoms with Gasteiger partial charge in [0.1, 0.15) is 5.69 Å². The van der Waals surface area contributed by atoms with Gasteiger partial charge in [0.05, 0.1) is 5.92 Å². The molecule has 1 saturated heterocycles. The first-order chi connectivity index (χ1) is 8.54. The van der Waals surface area contributed by atoms with Crippen molar-refractivity contribution in [3.05, 3.63) is 24.0 Å². The van der Waals surface area contributed by atoms with Gasteiger partial charge in [0, 0.05) is 31.7 Å². The van der Waals surface area contributed by atoms with Crippen molar-refractivity contribution in [2.75, 3.05) is 13.1 Å². The molecule has 0 aromatic carbocycles. The number of aromatic nitrogens is 1. The van der Waals surface area contributed by atoms with E-state index in [0.29, 0.717) is 18.8 Å². The number of carboxylic acid groups (broad SMARTS) is 1. The number of hydrogen-bond donors (Lipinski definition) is 1. The zero-order chi connectivity index (χ0) is 13.3. The predicted octanol–water partition coefficient (Wildman–Crippen LogP) is 1.30. The smallest absolute Gasteiger partial charge is 0.306 e. The number of amides is 1. The Hall–Kier alpha value is -1.78. The van der Waals surface area contributed by atoms with Gasteiger partial charge in [-0.15, -0.1) is 0 Å². The Balaban J connectivity index is 1.96. The molecule has 1 aliphatic heterocycles. The van der Waals surface area contributed by atoms with Crippen LogP contribution in [0.3, 0.4) is 0 Å². The SMILES string of the molecule is CCn1cccc1C(=O)N1CC(C(C)C(=O)O)C1. The number of carbonyl (C=O) groups is 2. The van der Waals surface area contributed by atoms with E-state index >= 15 is 0 Å². The molecule has 2 heterocycles. The quantitative estimate of drug-likeness (QED) is 0.876. The molecule has 2 rings (SSSR count). The van der Waals surface area contributed by atoms with E-state index in [1.54, 1.807) is 17.9 Å². The van der Waals surface area contributed by atoms with Crippen LogP contribution in [-0.2, 0) is 11.3 Å². The second kappa shape index (κ2) is 4.84. The molecule has 1 unspecified atom stereocenters. The van der Waals surface area contributed by atoms with Crippen LogP contribution in [0.5, 0.6) is 0 Å². The highest BCUT2D eigenvalue weighted by atomic mass is 16.4. The third-order valence-corrected chi connectivity index (χ3v) is 3.68. The largest absolute Gasteiger partial charge is 0.481 e. The van der Waals surface area contributed by atoms with E-state index in [9.17, 15) is 9.59 Å².